The normalized spacial score (nSPS) is 11.2. The molecule has 1 aromatic heterocycles. The second-order valence-corrected chi connectivity index (χ2v) is 7.33. The van der Waals surface area contributed by atoms with Gasteiger partial charge >= 0.3 is 0 Å². The minimum atomic E-state index is -3.88. The van der Waals surface area contributed by atoms with Gasteiger partial charge in [-0.25, -0.2) is 13.4 Å². The molecule has 0 aliphatic heterocycles. The zero-order valence-corrected chi connectivity index (χ0v) is 14.4. The van der Waals surface area contributed by atoms with Crippen molar-refractivity contribution in [1.29, 1.82) is 0 Å². The SMILES string of the molecule is Nc1ccc(-c2ccc(S(=O)(=O)Nc3ncccc3O)cc2)c(Cl)c1. The number of benzene rings is 2. The Bertz CT molecular complexity index is 1020. The summed E-state index contributed by atoms with van der Waals surface area (Å²) in [7, 11) is -3.88. The lowest BCUT2D eigenvalue weighted by Crippen LogP contribution is -2.13. The van der Waals surface area contributed by atoms with E-state index in [2.05, 4.69) is 9.71 Å². The van der Waals surface area contributed by atoms with Gasteiger partial charge in [-0.3, -0.25) is 4.72 Å². The largest absolute Gasteiger partial charge is 0.504 e. The highest BCUT2D eigenvalue weighted by Crippen LogP contribution is 2.30. The highest BCUT2D eigenvalue weighted by molar-refractivity contribution is 7.92. The van der Waals surface area contributed by atoms with Gasteiger partial charge < -0.3 is 10.8 Å². The maximum atomic E-state index is 12.4. The number of nitrogens with zero attached hydrogens (tertiary/aromatic N) is 1. The Morgan fingerprint density at radius 3 is 2.44 bits per heavy atom. The van der Waals surface area contributed by atoms with Crippen LogP contribution in [0.4, 0.5) is 11.5 Å². The van der Waals surface area contributed by atoms with Crippen molar-refractivity contribution in [3.05, 3.63) is 65.8 Å². The quantitative estimate of drug-likeness (QED) is 0.605. The lowest BCUT2D eigenvalue weighted by molar-refractivity contribution is 0.475. The van der Waals surface area contributed by atoms with Crippen LogP contribution < -0.4 is 10.5 Å². The standard InChI is InChI=1S/C17H14ClN3O3S/c18-15-10-12(19)5-8-14(15)11-3-6-13(7-4-11)25(23,24)21-17-16(22)2-1-9-20-17/h1-10,22H,19H2,(H,20,21). The lowest BCUT2D eigenvalue weighted by atomic mass is 10.1. The van der Waals surface area contributed by atoms with E-state index in [4.69, 9.17) is 17.3 Å². The van der Waals surface area contributed by atoms with Crippen molar-refractivity contribution < 1.29 is 13.5 Å². The first-order chi connectivity index (χ1) is 11.9. The van der Waals surface area contributed by atoms with E-state index >= 15 is 0 Å². The number of hydrogen-bond acceptors (Lipinski definition) is 5. The summed E-state index contributed by atoms with van der Waals surface area (Å²) in [6.07, 6.45) is 1.38. The summed E-state index contributed by atoms with van der Waals surface area (Å²) >= 11 is 6.17. The van der Waals surface area contributed by atoms with Gasteiger partial charge in [-0.2, -0.15) is 0 Å². The molecular weight excluding hydrogens is 362 g/mol. The van der Waals surface area contributed by atoms with Crippen LogP contribution in [0, 0.1) is 0 Å². The first kappa shape index (κ1) is 17.1. The van der Waals surface area contributed by atoms with E-state index in [0.29, 0.717) is 10.7 Å². The van der Waals surface area contributed by atoms with E-state index in [1.807, 2.05) is 0 Å². The molecule has 8 heteroatoms. The smallest absolute Gasteiger partial charge is 0.263 e. The molecule has 3 rings (SSSR count). The van der Waals surface area contributed by atoms with Crippen LogP contribution >= 0.6 is 11.6 Å². The summed E-state index contributed by atoms with van der Waals surface area (Å²) in [4.78, 5) is 3.84. The minimum Gasteiger partial charge on any atom is -0.504 e. The molecule has 0 bridgehead atoms. The molecule has 0 atom stereocenters. The van der Waals surface area contributed by atoms with Crippen molar-refractivity contribution in [1.82, 2.24) is 4.98 Å². The maximum Gasteiger partial charge on any atom is 0.263 e. The molecule has 128 valence electrons. The van der Waals surface area contributed by atoms with Gasteiger partial charge in [0, 0.05) is 17.4 Å². The average molecular weight is 376 g/mol. The van der Waals surface area contributed by atoms with Crippen molar-refractivity contribution in [2.45, 2.75) is 4.90 Å². The third kappa shape index (κ3) is 3.67. The second kappa shape index (κ2) is 6.62. The number of rotatable bonds is 4. The molecule has 0 aliphatic carbocycles. The number of nitrogens with two attached hydrogens (primary N) is 1. The fourth-order valence-electron chi connectivity index (χ4n) is 2.24. The van der Waals surface area contributed by atoms with Crippen LogP contribution in [0.3, 0.4) is 0 Å². The van der Waals surface area contributed by atoms with Gasteiger partial charge in [-0.05, 0) is 42.0 Å². The Morgan fingerprint density at radius 2 is 1.80 bits per heavy atom. The predicted molar refractivity (Wildman–Crippen MR) is 98.0 cm³/mol. The maximum absolute atomic E-state index is 12.4. The molecule has 3 aromatic rings. The number of aromatic hydroxyl groups is 1. The molecule has 0 fully saturated rings. The molecular formula is C17H14ClN3O3S. The summed E-state index contributed by atoms with van der Waals surface area (Å²) in [6.45, 7) is 0. The lowest BCUT2D eigenvalue weighted by Gasteiger charge is -2.10. The molecule has 0 aliphatic rings. The molecule has 6 nitrogen and oxygen atoms in total. The number of sulfonamides is 1. The molecule has 0 spiro atoms. The molecule has 25 heavy (non-hydrogen) atoms. The van der Waals surface area contributed by atoms with Crippen molar-refractivity contribution in [3.8, 4) is 16.9 Å². The number of hydrogen-bond donors (Lipinski definition) is 3. The number of halogens is 1. The van der Waals surface area contributed by atoms with Crippen LogP contribution in [-0.2, 0) is 10.0 Å². The second-order valence-electron chi connectivity index (χ2n) is 5.24. The van der Waals surface area contributed by atoms with Crippen LogP contribution in [0.1, 0.15) is 0 Å². The number of anilines is 2. The highest BCUT2D eigenvalue weighted by atomic mass is 35.5. The molecule has 1 heterocycles. The molecule has 0 amide bonds. The molecule has 4 N–H and O–H groups in total. The fourth-order valence-corrected chi connectivity index (χ4v) is 3.56. The third-order valence-corrected chi connectivity index (χ3v) is 5.15. The van der Waals surface area contributed by atoms with E-state index in [0.717, 1.165) is 11.1 Å². The monoisotopic (exact) mass is 375 g/mol. The number of aromatic nitrogens is 1. The van der Waals surface area contributed by atoms with Gasteiger partial charge in [-0.1, -0.05) is 29.8 Å². The van der Waals surface area contributed by atoms with Crippen LogP contribution in [0.25, 0.3) is 11.1 Å². The number of pyridine rings is 1. The molecule has 0 saturated heterocycles. The van der Waals surface area contributed by atoms with Gasteiger partial charge in [0.1, 0.15) is 0 Å². The Kier molecular flexibility index (Phi) is 4.52. The van der Waals surface area contributed by atoms with E-state index in [1.165, 1.54) is 30.5 Å². The zero-order chi connectivity index (χ0) is 18.0. The van der Waals surface area contributed by atoms with Crippen LogP contribution in [0.15, 0.2) is 65.7 Å². The van der Waals surface area contributed by atoms with Crippen LogP contribution in [-0.4, -0.2) is 18.5 Å². The first-order valence-electron chi connectivity index (χ1n) is 7.19. The number of nitrogens with one attached hydrogen (secondary N) is 1. The average Bonchev–Trinajstić information content (AvgIpc) is 2.57. The van der Waals surface area contributed by atoms with E-state index in [-0.39, 0.29) is 16.5 Å². The van der Waals surface area contributed by atoms with Crippen molar-refractivity contribution in [2.24, 2.45) is 0 Å². The molecule has 0 radical (unpaired) electrons. The van der Waals surface area contributed by atoms with E-state index < -0.39 is 10.0 Å². The molecule has 2 aromatic carbocycles. The van der Waals surface area contributed by atoms with Gasteiger partial charge in [-0.15, -0.1) is 0 Å². The first-order valence-corrected chi connectivity index (χ1v) is 9.05. The van der Waals surface area contributed by atoms with Crippen molar-refractivity contribution in [3.63, 3.8) is 0 Å². The molecule has 0 saturated carbocycles. The van der Waals surface area contributed by atoms with Gasteiger partial charge in [0.2, 0.25) is 0 Å². The Labute approximate surface area is 150 Å². The topological polar surface area (TPSA) is 105 Å². The predicted octanol–water partition coefficient (Wildman–Crippen LogP) is 3.49. The summed E-state index contributed by atoms with van der Waals surface area (Å²) < 4.78 is 27.1. The van der Waals surface area contributed by atoms with Crippen molar-refractivity contribution >= 4 is 33.1 Å². The Balaban J connectivity index is 1.90. The van der Waals surface area contributed by atoms with E-state index in [1.54, 1.807) is 30.3 Å². The summed E-state index contributed by atoms with van der Waals surface area (Å²) in [6, 6.07) is 14.1. The van der Waals surface area contributed by atoms with Gasteiger partial charge in [0.25, 0.3) is 10.0 Å². The zero-order valence-electron chi connectivity index (χ0n) is 12.8. The highest BCUT2D eigenvalue weighted by Gasteiger charge is 2.17. The fraction of sp³-hybridized carbons (Fsp3) is 0. The molecule has 0 unspecified atom stereocenters. The van der Waals surface area contributed by atoms with Gasteiger partial charge in [0.05, 0.1) is 9.92 Å². The summed E-state index contributed by atoms with van der Waals surface area (Å²) in [5, 5.41) is 10.1. The summed E-state index contributed by atoms with van der Waals surface area (Å²) in [5.41, 5.74) is 7.72. The van der Waals surface area contributed by atoms with E-state index in [9.17, 15) is 13.5 Å². The Morgan fingerprint density at radius 1 is 1.08 bits per heavy atom. The summed E-state index contributed by atoms with van der Waals surface area (Å²) in [5.74, 6) is -0.385. The van der Waals surface area contributed by atoms with Gasteiger partial charge in [0.15, 0.2) is 11.6 Å². The minimum absolute atomic E-state index is 0.0351. The van der Waals surface area contributed by atoms with Crippen LogP contribution in [0.2, 0.25) is 5.02 Å². The third-order valence-electron chi connectivity index (χ3n) is 3.49. The Hall–Kier alpha value is -2.77. The number of nitrogen functional groups attached to an aromatic ring is 1. The van der Waals surface area contributed by atoms with Crippen molar-refractivity contribution in [2.75, 3.05) is 10.5 Å². The van der Waals surface area contributed by atoms with Crippen LogP contribution in [0.5, 0.6) is 5.75 Å².